The van der Waals surface area contributed by atoms with Crippen molar-refractivity contribution in [1.29, 1.82) is 0 Å². The molecular weight excluding hydrogens is 304 g/mol. The van der Waals surface area contributed by atoms with Crippen molar-refractivity contribution in [2.24, 2.45) is 0 Å². The number of nitrogens with one attached hydrogen (secondary N) is 2. The molecule has 0 saturated heterocycles. The van der Waals surface area contributed by atoms with Crippen molar-refractivity contribution in [3.63, 3.8) is 0 Å². The highest BCUT2D eigenvalue weighted by atomic mass is 16.5. The van der Waals surface area contributed by atoms with Gasteiger partial charge in [-0.1, -0.05) is 24.3 Å². The maximum atomic E-state index is 12.4. The maximum Gasteiger partial charge on any atom is 0.270 e. The van der Waals surface area contributed by atoms with E-state index in [0.29, 0.717) is 30.5 Å². The Balaban J connectivity index is 1.98. The zero-order valence-electron chi connectivity index (χ0n) is 14.4. The Hall–Kier alpha value is -2.47. The number of rotatable bonds is 8. The lowest BCUT2D eigenvalue weighted by molar-refractivity contribution is 0.0945. The first-order valence-corrected chi connectivity index (χ1v) is 8.01. The van der Waals surface area contributed by atoms with Crippen LogP contribution in [0.25, 0.3) is 0 Å². The molecule has 2 aromatic rings. The highest BCUT2D eigenvalue weighted by Gasteiger charge is 2.10. The molecule has 0 bridgehead atoms. The minimum Gasteiger partial charge on any atom is -0.385 e. The van der Waals surface area contributed by atoms with Crippen LogP contribution >= 0.6 is 0 Å². The van der Waals surface area contributed by atoms with Crippen LogP contribution < -0.4 is 10.6 Å². The molecule has 0 fully saturated rings. The summed E-state index contributed by atoms with van der Waals surface area (Å²) in [5.41, 5.74) is 2.61. The first kappa shape index (κ1) is 17.9. The van der Waals surface area contributed by atoms with Crippen LogP contribution in [0, 0.1) is 13.8 Å². The highest BCUT2D eigenvalue weighted by molar-refractivity contribution is 5.92. The normalized spacial score (nSPS) is 10.5. The van der Waals surface area contributed by atoms with Gasteiger partial charge < -0.3 is 15.4 Å². The lowest BCUT2D eigenvalue weighted by atomic mass is 10.1. The number of aromatic nitrogens is 2. The first-order chi connectivity index (χ1) is 11.6. The number of methoxy groups -OCH3 is 1. The van der Waals surface area contributed by atoms with Crippen molar-refractivity contribution >= 4 is 11.7 Å². The first-order valence-electron chi connectivity index (χ1n) is 8.01. The second kappa shape index (κ2) is 8.98. The Kier molecular flexibility index (Phi) is 6.69. The second-order valence-electron chi connectivity index (χ2n) is 5.57. The van der Waals surface area contributed by atoms with Crippen LogP contribution in [-0.4, -0.2) is 36.1 Å². The summed E-state index contributed by atoms with van der Waals surface area (Å²) < 4.78 is 5.01. The lowest BCUT2D eigenvalue weighted by Gasteiger charge is -2.10. The van der Waals surface area contributed by atoms with Crippen molar-refractivity contribution in [2.45, 2.75) is 26.8 Å². The molecule has 1 aromatic heterocycles. The lowest BCUT2D eigenvalue weighted by Crippen LogP contribution is -2.25. The summed E-state index contributed by atoms with van der Waals surface area (Å²) >= 11 is 0. The van der Waals surface area contributed by atoms with E-state index in [2.05, 4.69) is 20.6 Å². The van der Waals surface area contributed by atoms with E-state index in [4.69, 9.17) is 4.74 Å². The largest absolute Gasteiger partial charge is 0.385 e. The predicted molar refractivity (Wildman–Crippen MR) is 94.1 cm³/mol. The number of carbonyl (C=O) groups is 1. The SMILES string of the molecule is COCCCNc1cc(C(=O)NCc2ccccc2C)nc(C)n1. The fraction of sp³-hybridized carbons (Fsp3) is 0.389. The number of amides is 1. The van der Waals surface area contributed by atoms with Crippen LogP contribution in [0.2, 0.25) is 0 Å². The molecule has 0 aliphatic heterocycles. The van der Waals surface area contributed by atoms with Gasteiger partial charge in [0.2, 0.25) is 0 Å². The van der Waals surface area contributed by atoms with E-state index in [9.17, 15) is 4.79 Å². The summed E-state index contributed by atoms with van der Waals surface area (Å²) in [6.45, 7) is 5.69. The Morgan fingerprint density at radius 1 is 1.21 bits per heavy atom. The van der Waals surface area contributed by atoms with Crippen LogP contribution in [0.5, 0.6) is 0 Å². The van der Waals surface area contributed by atoms with E-state index in [0.717, 1.165) is 24.1 Å². The van der Waals surface area contributed by atoms with Crippen molar-refractivity contribution in [1.82, 2.24) is 15.3 Å². The third-order valence-corrected chi connectivity index (χ3v) is 3.60. The topological polar surface area (TPSA) is 76.1 Å². The monoisotopic (exact) mass is 328 g/mol. The fourth-order valence-electron chi connectivity index (χ4n) is 2.28. The minimum atomic E-state index is -0.205. The number of hydrogen-bond acceptors (Lipinski definition) is 5. The fourth-order valence-corrected chi connectivity index (χ4v) is 2.28. The third kappa shape index (κ3) is 5.31. The molecule has 24 heavy (non-hydrogen) atoms. The molecule has 6 nitrogen and oxygen atoms in total. The summed E-state index contributed by atoms with van der Waals surface area (Å²) in [5, 5.41) is 6.10. The van der Waals surface area contributed by atoms with Crippen molar-refractivity contribution in [2.75, 3.05) is 25.6 Å². The molecule has 0 unspecified atom stereocenters. The number of anilines is 1. The van der Waals surface area contributed by atoms with E-state index in [1.165, 1.54) is 0 Å². The number of aryl methyl sites for hydroxylation is 2. The van der Waals surface area contributed by atoms with Gasteiger partial charge in [0.1, 0.15) is 17.3 Å². The van der Waals surface area contributed by atoms with Crippen LogP contribution in [0.4, 0.5) is 5.82 Å². The van der Waals surface area contributed by atoms with Gasteiger partial charge in [0.25, 0.3) is 5.91 Å². The molecule has 128 valence electrons. The number of carbonyl (C=O) groups excluding carboxylic acids is 1. The van der Waals surface area contributed by atoms with E-state index in [1.807, 2.05) is 31.2 Å². The Labute approximate surface area is 142 Å². The highest BCUT2D eigenvalue weighted by Crippen LogP contribution is 2.09. The van der Waals surface area contributed by atoms with Gasteiger partial charge in [-0.05, 0) is 31.4 Å². The predicted octanol–water partition coefficient (Wildman–Crippen LogP) is 2.47. The zero-order chi connectivity index (χ0) is 17.4. The van der Waals surface area contributed by atoms with Gasteiger partial charge in [-0.3, -0.25) is 4.79 Å². The molecule has 0 saturated carbocycles. The van der Waals surface area contributed by atoms with Crippen LogP contribution in [0.3, 0.4) is 0 Å². The molecule has 6 heteroatoms. The summed E-state index contributed by atoms with van der Waals surface area (Å²) in [6, 6.07) is 9.65. The van der Waals surface area contributed by atoms with Gasteiger partial charge in [0.15, 0.2) is 0 Å². The molecule has 0 aliphatic rings. The zero-order valence-corrected chi connectivity index (χ0v) is 14.4. The maximum absolute atomic E-state index is 12.4. The molecule has 0 spiro atoms. The smallest absolute Gasteiger partial charge is 0.270 e. The second-order valence-corrected chi connectivity index (χ2v) is 5.57. The Morgan fingerprint density at radius 3 is 2.75 bits per heavy atom. The quantitative estimate of drug-likeness (QED) is 0.728. The van der Waals surface area contributed by atoms with E-state index in [-0.39, 0.29) is 5.91 Å². The Bertz CT molecular complexity index is 688. The molecule has 1 heterocycles. The number of ether oxygens (including phenoxy) is 1. The molecule has 0 atom stereocenters. The van der Waals surface area contributed by atoms with Crippen LogP contribution in [-0.2, 0) is 11.3 Å². The van der Waals surface area contributed by atoms with Crippen molar-refractivity contribution in [3.05, 3.63) is 53.0 Å². The minimum absolute atomic E-state index is 0.205. The molecule has 0 radical (unpaired) electrons. The number of nitrogens with zero attached hydrogens (tertiary/aromatic N) is 2. The number of benzene rings is 1. The Morgan fingerprint density at radius 2 is 2.00 bits per heavy atom. The van der Waals surface area contributed by atoms with Crippen molar-refractivity contribution < 1.29 is 9.53 Å². The molecule has 2 N–H and O–H groups in total. The standard InChI is InChI=1S/C18H24N4O2/c1-13-7-4-5-8-15(13)12-20-18(23)16-11-17(22-14(2)21-16)19-9-6-10-24-3/h4-5,7-8,11H,6,9-10,12H2,1-3H3,(H,20,23)(H,19,21,22). The van der Waals surface area contributed by atoms with Gasteiger partial charge >= 0.3 is 0 Å². The van der Waals surface area contributed by atoms with Gasteiger partial charge in [-0.25, -0.2) is 9.97 Å². The molecule has 1 amide bonds. The van der Waals surface area contributed by atoms with E-state index < -0.39 is 0 Å². The van der Waals surface area contributed by atoms with E-state index >= 15 is 0 Å². The van der Waals surface area contributed by atoms with Crippen molar-refractivity contribution in [3.8, 4) is 0 Å². The van der Waals surface area contributed by atoms with Crippen LogP contribution in [0.1, 0.15) is 33.9 Å². The third-order valence-electron chi connectivity index (χ3n) is 3.60. The van der Waals surface area contributed by atoms with Gasteiger partial charge in [0, 0.05) is 32.9 Å². The summed E-state index contributed by atoms with van der Waals surface area (Å²) in [5.74, 6) is 1.01. The average molecular weight is 328 g/mol. The van der Waals surface area contributed by atoms with Gasteiger partial charge in [0.05, 0.1) is 0 Å². The summed E-state index contributed by atoms with van der Waals surface area (Å²) in [4.78, 5) is 20.9. The van der Waals surface area contributed by atoms with Gasteiger partial charge in [-0.15, -0.1) is 0 Å². The van der Waals surface area contributed by atoms with Gasteiger partial charge in [-0.2, -0.15) is 0 Å². The summed E-state index contributed by atoms with van der Waals surface area (Å²) in [6.07, 6.45) is 0.869. The van der Waals surface area contributed by atoms with E-state index in [1.54, 1.807) is 20.1 Å². The molecular formula is C18H24N4O2. The molecule has 1 aromatic carbocycles. The number of hydrogen-bond donors (Lipinski definition) is 2. The summed E-state index contributed by atoms with van der Waals surface area (Å²) in [7, 11) is 1.67. The molecule has 0 aliphatic carbocycles. The van der Waals surface area contributed by atoms with Crippen LogP contribution in [0.15, 0.2) is 30.3 Å². The molecule has 2 rings (SSSR count). The average Bonchev–Trinajstić information content (AvgIpc) is 2.57.